The van der Waals surface area contributed by atoms with Gasteiger partial charge in [0.15, 0.2) is 0 Å². The zero-order valence-electron chi connectivity index (χ0n) is 12.9. The summed E-state index contributed by atoms with van der Waals surface area (Å²) in [6.07, 6.45) is 3.12. The van der Waals surface area contributed by atoms with Crippen molar-refractivity contribution in [1.29, 1.82) is 0 Å². The molecule has 1 aromatic heterocycles. The molecular weight excluding hydrogens is 286 g/mol. The van der Waals surface area contributed by atoms with Crippen LogP contribution in [0.5, 0.6) is 0 Å². The zero-order valence-corrected chi connectivity index (χ0v) is 13.7. The maximum absolute atomic E-state index is 12.2. The van der Waals surface area contributed by atoms with Gasteiger partial charge in [-0.1, -0.05) is 6.92 Å². The van der Waals surface area contributed by atoms with E-state index in [1.54, 1.807) is 0 Å². The van der Waals surface area contributed by atoms with Crippen LogP contribution in [0.15, 0.2) is 6.07 Å². The Hall–Kier alpha value is -1.36. The summed E-state index contributed by atoms with van der Waals surface area (Å²) in [5, 5.41) is 12.4. The van der Waals surface area contributed by atoms with Gasteiger partial charge in [-0.15, -0.1) is 11.3 Å². The van der Waals surface area contributed by atoms with E-state index < -0.39 is 11.4 Å². The van der Waals surface area contributed by atoms with Gasteiger partial charge in [0.25, 0.3) is 5.91 Å². The second kappa shape index (κ2) is 6.18. The van der Waals surface area contributed by atoms with Crippen molar-refractivity contribution in [2.45, 2.75) is 46.5 Å². The lowest BCUT2D eigenvalue weighted by Crippen LogP contribution is -2.45. The van der Waals surface area contributed by atoms with Gasteiger partial charge in [-0.3, -0.25) is 9.59 Å². The summed E-state index contributed by atoms with van der Waals surface area (Å²) >= 11 is 1.46. The van der Waals surface area contributed by atoms with Crippen molar-refractivity contribution < 1.29 is 14.7 Å². The van der Waals surface area contributed by atoms with E-state index in [4.69, 9.17) is 0 Å². The molecule has 0 atom stereocenters. The molecule has 0 spiro atoms. The zero-order chi connectivity index (χ0) is 15.6. The largest absolute Gasteiger partial charge is 0.481 e. The van der Waals surface area contributed by atoms with Gasteiger partial charge in [0, 0.05) is 11.4 Å². The van der Waals surface area contributed by atoms with Crippen LogP contribution in [-0.4, -0.2) is 23.5 Å². The van der Waals surface area contributed by atoms with E-state index >= 15 is 0 Å². The predicted molar refractivity (Wildman–Crippen MR) is 83.8 cm³/mol. The van der Waals surface area contributed by atoms with Crippen LogP contribution < -0.4 is 5.32 Å². The molecule has 0 bridgehead atoms. The first kappa shape index (κ1) is 16.0. The Kier molecular flexibility index (Phi) is 4.71. The van der Waals surface area contributed by atoms with Crippen LogP contribution in [0.2, 0.25) is 0 Å². The Morgan fingerprint density at radius 1 is 1.38 bits per heavy atom. The third kappa shape index (κ3) is 3.46. The van der Waals surface area contributed by atoms with Crippen LogP contribution >= 0.6 is 11.3 Å². The monoisotopic (exact) mass is 309 g/mol. The minimum Gasteiger partial charge on any atom is -0.481 e. The number of nitrogens with one attached hydrogen (secondary N) is 1. The van der Waals surface area contributed by atoms with Crippen molar-refractivity contribution in [2.75, 3.05) is 6.54 Å². The molecule has 0 aromatic carbocycles. The summed E-state index contributed by atoms with van der Waals surface area (Å²) in [5.41, 5.74) is 0.313. The molecule has 2 N–H and O–H groups in total. The number of hydrogen-bond acceptors (Lipinski definition) is 3. The molecule has 1 saturated carbocycles. The van der Waals surface area contributed by atoms with Gasteiger partial charge in [0.1, 0.15) is 0 Å². The molecule has 1 aliphatic rings. The first-order valence-corrected chi connectivity index (χ1v) is 8.24. The molecule has 116 valence electrons. The molecule has 0 saturated heterocycles. The molecule has 1 heterocycles. The van der Waals surface area contributed by atoms with Crippen LogP contribution in [0.3, 0.4) is 0 Å². The Bertz CT molecular complexity index is 522. The summed E-state index contributed by atoms with van der Waals surface area (Å²) in [5.74, 6) is -0.362. The molecule has 4 nitrogen and oxygen atoms in total. The van der Waals surface area contributed by atoms with E-state index in [-0.39, 0.29) is 12.5 Å². The standard InChI is InChI=1S/C16H23NO3S/c1-10-4-6-16(7-5-10,15(19)20)9-17-14(18)13-8-11(2)12(3)21-13/h8,10H,4-7,9H2,1-3H3,(H,17,18)(H,19,20). The molecule has 5 heteroatoms. The fraction of sp³-hybridized carbons (Fsp3) is 0.625. The molecule has 1 aliphatic carbocycles. The normalized spacial score (nSPS) is 25.6. The first-order valence-electron chi connectivity index (χ1n) is 7.43. The van der Waals surface area contributed by atoms with E-state index in [9.17, 15) is 14.7 Å². The summed E-state index contributed by atoms with van der Waals surface area (Å²) < 4.78 is 0. The number of carbonyl (C=O) groups excluding carboxylic acids is 1. The summed E-state index contributed by atoms with van der Waals surface area (Å²) in [6.45, 7) is 6.34. The first-order chi connectivity index (χ1) is 9.84. The minimum absolute atomic E-state index is 0.157. The smallest absolute Gasteiger partial charge is 0.311 e. The fourth-order valence-electron chi connectivity index (χ4n) is 2.80. The fourth-order valence-corrected chi connectivity index (χ4v) is 3.75. The lowest BCUT2D eigenvalue weighted by molar-refractivity contribution is -0.151. The molecule has 0 unspecified atom stereocenters. The molecule has 21 heavy (non-hydrogen) atoms. The van der Waals surface area contributed by atoms with Crippen LogP contribution in [0, 0.1) is 25.2 Å². The summed E-state index contributed by atoms with van der Waals surface area (Å²) in [7, 11) is 0. The third-order valence-electron chi connectivity index (χ3n) is 4.66. The Morgan fingerprint density at radius 3 is 2.48 bits per heavy atom. The molecular formula is C16H23NO3S. The van der Waals surface area contributed by atoms with E-state index in [0.29, 0.717) is 23.6 Å². The molecule has 0 aliphatic heterocycles. The Morgan fingerprint density at radius 2 is 2.00 bits per heavy atom. The number of amides is 1. The lowest BCUT2D eigenvalue weighted by atomic mass is 9.71. The number of carbonyl (C=O) groups is 2. The number of thiophene rings is 1. The average molecular weight is 309 g/mol. The van der Waals surface area contributed by atoms with Gasteiger partial charge in [0.2, 0.25) is 0 Å². The van der Waals surface area contributed by atoms with E-state index in [1.807, 2.05) is 19.9 Å². The van der Waals surface area contributed by atoms with E-state index in [0.717, 1.165) is 23.3 Å². The quantitative estimate of drug-likeness (QED) is 0.896. The molecule has 2 rings (SSSR count). The van der Waals surface area contributed by atoms with E-state index in [1.165, 1.54) is 11.3 Å². The van der Waals surface area contributed by atoms with Crippen LogP contribution in [0.1, 0.15) is 52.7 Å². The average Bonchev–Trinajstić information content (AvgIpc) is 2.78. The van der Waals surface area contributed by atoms with Crippen molar-refractivity contribution >= 4 is 23.2 Å². The number of carboxylic acids is 1. The SMILES string of the molecule is Cc1cc(C(=O)NCC2(C(=O)O)CCC(C)CC2)sc1C. The van der Waals surface area contributed by atoms with Crippen molar-refractivity contribution in [3.05, 3.63) is 21.4 Å². The van der Waals surface area contributed by atoms with Crippen LogP contribution in [0.4, 0.5) is 0 Å². The van der Waals surface area contributed by atoms with Gasteiger partial charge >= 0.3 is 5.97 Å². The van der Waals surface area contributed by atoms with Crippen molar-refractivity contribution in [3.8, 4) is 0 Å². The van der Waals surface area contributed by atoms with Gasteiger partial charge in [-0.2, -0.15) is 0 Å². The van der Waals surface area contributed by atoms with Crippen molar-refractivity contribution in [3.63, 3.8) is 0 Å². The number of carboxylic acid groups (broad SMARTS) is 1. The highest BCUT2D eigenvalue weighted by molar-refractivity contribution is 7.14. The number of hydrogen-bond donors (Lipinski definition) is 2. The Balaban J connectivity index is 2.02. The Labute approximate surface area is 129 Å². The second-order valence-electron chi connectivity index (χ2n) is 6.30. The lowest BCUT2D eigenvalue weighted by Gasteiger charge is -2.35. The molecule has 0 radical (unpaired) electrons. The highest BCUT2D eigenvalue weighted by Gasteiger charge is 2.41. The molecule has 1 amide bonds. The highest BCUT2D eigenvalue weighted by Crippen LogP contribution is 2.38. The van der Waals surface area contributed by atoms with Crippen LogP contribution in [-0.2, 0) is 4.79 Å². The third-order valence-corrected chi connectivity index (χ3v) is 5.81. The minimum atomic E-state index is -0.788. The maximum Gasteiger partial charge on any atom is 0.311 e. The van der Waals surface area contributed by atoms with Gasteiger partial charge < -0.3 is 10.4 Å². The van der Waals surface area contributed by atoms with Crippen molar-refractivity contribution in [2.24, 2.45) is 11.3 Å². The van der Waals surface area contributed by atoms with Crippen LogP contribution in [0.25, 0.3) is 0 Å². The maximum atomic E-state index is 12.2. The van der Waals surface area contributed by atoms with Crippen molar-refractivity contribution in [1.82, 2.24) is 5.32 Å². The van der Waals surface area contributed by atoms with Gasteiger partial charge in [0.05, 0.1) is 10.3 Å². The second-order valence-corrected chi connectivity index (χ2v) is 7.56. The number of aryl methyl sites for hydroxylation is 2. The summed E-state index contributed by atoms with van der Waals surface area (Å²) in [6, 6.07) is 1.87. The number of aliphatic carboxylic acids is 1. The van der Waals surface area contributed by atoms with E-state index in [2.05, 4.69) is 12.2 Å². The predicted octanol–water partition coefficient (Wildman–Crippen LogP) is 3.38. The summed E-state index contributed by atoms with van der Waals surface area (Å²) in [4.78, 5) is 25.6. The topological polar surface area (TPSA) is 66.4 Å². The highest BCUT2D eigenvalue weighted by atomic mass is 32.1. The number of rotatable bonds is 4. The molecule has 1 aromatic rings. The van der Waals surface area contributed by atoms with Gasteiger partial charge in [-0.25, -0.2) is 0 Å². The van der Waals surface area contributed by atoms with Gasteiger partial charge in [-0.05, 0) is 57.1 Å². The molecule has 1 fully saturated rings.